The summed E-state index contributed by atoms with van der Waals surface area (Å²) in [6.45, 7) is 1.66. The van der Waals surface area contributed by atoms with Gasteiger partial charge in [0.05, 0.1) is 17.4 Å². The first-order valence-electron chi connectivity index (χ1n) is 11.6. The minimum atomic E-state index is -0.479. The number of amides is 1. The lowest BCUT2D eigenvalue weighted by atomic mass is 10.1. The van der Waals surface area contributed by atoms with E-state index in [1.165, 1.54) is 6.07 Å². The van der Waals surface area contributed by atoms with Crippen LogP contribution in [0.4, 0.5) is 10.1 Å². The molecule has 33 heavy (non-hydrogen) atoms. The Morgan fingerprint density at radius 3 is 2.94 bits per heavy atom. The quantitative estimate of drug-likeness (QED) is 0.497. The molecule has 1 aromatic heterocycles. The second-order valence-electron chi connectivity index (χ2n) is 8.49. The summed E-state index contributed by atoms with van der Waals surface area (Å²) in [4.78, 5) is 14.0. The number of anilines is 1. The summed E-state index contributed by atoms with van der Waals surface area (Å²) in [5.74, 6) is 1.67. The lowest BCUT2D eigenvalue weighted by molar-refractivity contribution is 0.102. The zero-order valence-electron chi connectivity index (χ0n) is 18.4. The third-order valence-corrected chi connectivity index (χ3v) is 7.37. The third-order valence-electron chi connectivity index (χ3n) is 6.16. The molecule has 1 fully saturated rings. The van der Waals surface area contributed by atoms with Crippen LogP contribution in [-0.2, 0) is 17.7 Å². The van der Waals surface area contributed by atoms with Gasteiger partial charge in [-0.15, -0.1) is 22.0 Å². The Balaban J connectivity index is 1.36. The Morgan fingerprint density at radius 1 is 1.15 bits per heavy atom. The van der Waals surface area contributed by atoms with E-state index in [1.54, 1.807) is 30.0 Å². The molecule has 1 amide bonds. The van der Waals surface area contributed by atoms with Gasteiger partial charge in [0.2, 0.25) is 0 Å². The van der Waals surface area contributed by atoms with Gasteiger partial charge >= 0.3 is 0 Å². The van der Waals surface area contributed by atoms with Crippen molar-refractivity contribution in [3.63, 3.8) is 0 Å². The van der Waals surface area contributed by atoms with E-state index >= 15 is 0 Å². The van der Waals surface area contributed by atoms with Crippen LogP contribution in [0, 0.1) is 5.82 Å². The Bertz CT molecular complexity index is 1140. The van der Waals surface area contributed by atoms with Crippen LogP contribution in [0.2, 0.25) is 0 Å². The second-order valence-corrected chi connectivity index (χ2v) is 9.55. The van der Waals surface area contributed by atoms with Gasteiger partial charge in [-0.3, -0.25) is 4.79 Å². The number of carbonyl (C=O) groups excluding carboxylic acids is 1. The summed E-state index contributed by atoms with van der Waals surface area (Å²) in [7, 11) is 0. The van der Waals surface area contributed by atoms with Crippen molar-refractivity contribution in [1.82, 2.24) is 14.8 Å². The zero-order chi connectivity index (χ0) is 22.6. The lowest BCUT2D eigenvalue weighted by Crippen LogP contribution is -2.15. The summed E-state index contributed by atoms with van der Waals surface area (Å²) in [5.41, 5.74) is 1.41. The SMILES string of the molecule is O=C(Nc1cc(-c2nnc3n2CCCCC3)ccc1F)c1ccccc1SCC1CCCO1. The maximum absolute atomic E-state index is 14.7. The van der Waals surface area contributed by atoms with Crippen molar-refractivity contribution in [1.29, 1.82) is 0 Å². The molecule has 6 nitrogen and oxygen atoms in total. The van der Waals surface area contributed by atoms with Crippen LogP contribution in [-0.4, -0.2) is 39.1 Å². The fourth-order valence-electron chi connectivity index (χ4n) is 4.39. The predicted molar refractivity (Wildman–Crippen MR) is 127 cm³/mol. The fourth-order valence-corrected chi connectivity index (χ4v) is 5.51. The highest BCUT2D eigenvalue weighted by molar-refractivity contribution is 7.99. The van der Waals surface area contributed by atoms with Crippen molar-refractivity contribution in [3.05, 3.63) is 59.7 Å². The molecule has 2 aromatic carbocycles. The summed E-state index contributed by atoms with van der Waals surface area (Å²) < 4.78 is 22.5. The molecule has 0 saturated carbocycles. The standard InChI is InChI=1S/C25H27FN4O2S/c26-20-12-11-17(24-29-28-23-10-2-1-5-13-30(23)24)15-21(20)27-25(31)19-8-3-4-9-22(19)33-16-18-7-6-14-32-18/h3-4,8-9,11-12,15,18H,1-2,5-7,10,13-14,16H2,(H,27,31). The number of nitrogens with zero attached hydrogens (tertiary/aromatic N) is 3. The number of carbonyl (C=O) groups is 1. The average Bonchev–Trinajstić information content (AvgIpc) is 3.44. The van der Waals surface area contributed by atoms with E-state index in [2.05, 4.69) is 20.1 Å². The summed E-state index contributed by atoms with van der Waals surface area (Å²) >= 11 is 1.60. The maximum atomic E-state index is 14.7. The van der Waals surface area contributed by atoms with Crippen molar-refractivity contribution in [2.24, 2.45) is 0 Å². The first kappa shape index (κ1) is 22.1. The normalized spacial score (nSPS) is 18.0. The smallest absolute Gasteiger partial charge is 0.256 e. The van der Waals surface area contributed by atoms with Gasteiger partial charge in [0, 0.05) is 35.8 Å². The molecular weight excluding hydrogens is 439 g/mol. The van der Waals surface area contributed by atoms with E-state index in [9.17, 15) is 9.18 Å². The van der Waals surface area contributed by atoms with Crippen LogP contribution in [0.15, 0.2) is 47.4 Å². The lowest BCUT2D eigenvalue weighted by Gasteiger charge is -2.13. The highest BCUT2D eigenvalue weighted by atomic mass is 32.2. The van der Waals surface area contributed by atoms with Crippen LogP contribution in [0.1, 0.15) is 48.3 Å². The highest BCUT2D eigenvalue weighted by Crippen LogP contribution is 2.29. The van der Waals surface area contributed by atoms with Crippen LogP contribution < -0.4 is 5.32 Å². The van der Waals surface area contributed by atoms with Gasteiger partial charge in [0.1, 0.15) is 11.6 Å². The van der Waals surface area contributed by atoms with Crippen LogP contribution in [0.3, 0.4) is 0 Å². The molecule has 3 heterocycles. The number of halogens is 1. The maximum Gasteiger partial charge on any atom is 0.256 e. The number of benzene rings is 2. The number of hydrogen-bond donors (Lipinski definition) is 1. The van der Waals surface area contributed by atoms with Gasteiger partial charge in [0.15, 0.2) is 5.82 Å². The number of ether oxygens (including phenoxy) is 1. The minimum absolute atomic E-state index is 0.141. The van der Waals surface area contributed by atoms with Crippen molar-refractivity contribution in [2.75, 3.05) is 17.7 Å². The molecule has 1 saturated heterocycles. The van der Waals surface area contributed by atoms with Gasteiger partial charge in [-0.2, -0.15) is 0 Å². The topological polar surface area (TPSA) is 69.0 Å². The first-order valence-corrected chi connectivity index (χ1v) is 12.5. The monoisotopic (exact) mass is 466 g/mol. The molecular formula is C25H27FN4O2S. The number of hydrogen-bond acceptors (Lipinski definition) is 5. The minimum Gasteiger partial charge on any atom is -0.377 e. The van der Waals surface area contributed by atoms with E-state index in [0.29, 0.717) is 5.56 Å². The molecule has 1 unspecified atom stereocenters. The molecule has 0 aliphatic carbocycles. The Kier molecular flexibility index (Phi) is 6.73. The van der Waals surface area contributed by atoms with Gasteiger partial charge in [-0.25, -0.2) is 4.39 Å². The van der Waals surface area contributed by atoms with Crippen molar-refractivity contribution in [3.8, 4) is 11.4 Å². The first-order chi connectivity index (χ1) is 16.2. The zero-order valence-corrected chi connectivity index (χ0v) is 19.2. The summed E-state index contributed by atoms with van der Waals surface area (Å²) in [6.07, 6.45) is 6.59. The Morgan fingerprint density at radius 2 is 2.06 bits per heavy atom. The molecule has 1 atom stereocenters. The van der Waals surface area contributed by atoms with Gasteiger partial charge in [-0.1, -0.05) is 18.6 Å². The van der Waals surface area contributed by atoms with E-state index in [0.717, 1.165) is 79.5 Å². The molecule has 3 aromatic rings. The second kappa shape index (κ2) is 10.1. The molecule has 172 valence electrons. The summed E-state index contributed by atoms with van der Waals surface area (Å²) in [6, 6.07) is 12.1. The molecule has 0 bridgehead atoms. The number of aromatic nitrogens is 3. The van der Waals surface area contributed by atoms with E-state index < -0.39 is 5.82 Å². The van der Waals surface area contributed by atoms with Gasteiger partial charge < -0.3 is 14.6 Å². The highest BCUT2D eigenvalue weighted by Gasteiger charge is 2.20. The number of rotatable bonds is 6. The number of aryl methyl sites for hydroxylation is 1. The van der Waals surface area contributed by atoms with Crippen LogP contribution in [0.25, 0.3) is 11.4 Å². The van der Waals surface area contributed by atoms with Crippen LogP contribution in [0.5, 0.6) is 0 Å². The molecule has 0 spiro atoms. The predicted octanol–water partition coefficient (Wildman–Crippen LogP) is 5.33. The number of thioether (sulfide) groups is 1. The summed E-state index contributed by atoms with van der Waals surface area (Å²) in [5, 5.41) is 11.5. The Labute approximate surface area is 196 Å². The molecule has 8 heteroatoms. The van der Waals surface area contributed by atoms with Gasteiger partial charge in [-0.05, 0) is 56.0 Å². The van der Waals surface area contributed by atoms with Crippen LogP contribution >= 0.6 is 11.8 Å². The van der Waals surface area contributed by atoms with E-state index in [1.807, 2.05) is 18.2 Å². The molecule has 0 radical (unpaired) electrons. The largest absolute Gasteiger partial charge is 0.377 e. The van der Waals surface area contributed by atoms with Gasteiger partial charge in [0.25, 0.3) is 5.91 Å². The molecule has 2 aliphatic rings. The van der Waals surface area contributed by atoms with E-state index in [4.69, 9.17) is 4.74 Å². The van der Waals surface area contributed by atoms with Crippen molar-refractivity contribution >= 4 is 23.4 Å². The molecule has 1 N–H and O–H groups in total. The number of fused-ring (bicyclic) bond motifs is 1. The fraction of sp³-hybridized carbons (Fsp3) is 0.400. The average molecular weight is 467 g/mol. The number of nitrogens with one attached hydrogen (secondary N) is 1. The Hall–Kier alpha value is -2.71. The van der Waals surface area contributed by atoms with Crippen molar-refractivity contribution < 1.29 is 13.9 Å². The third kappa shape index (κ3) is 4.96. The molecule has 5 rings (SSSR count). The molecule has 2 aliphatic heterocycles. The van der Waals surface area contributed by atoms with Crippen molar-refractivity contribution in [2.45, 2.75) is 56.1 Å². The van der Waals surface area contributed by atoms with E-state index in [-0.39, 0.29) is 17.7 Å².